The van der Waals surface area contributed by atoms with Crippen LogP contribution in [0.4, 0.5) is 0 Å². The van der Waals surface area contributed by atoms with E-state index >= 15 is 0 Å². The fraction of sp³-hybridized carbons (Fsp3) is 0.400. The molecule has 1 atom stereocenters. The van der Waals surface area contributed by atoms with Crippen LogP contribution in [0.1, 0.15) is 81.9 Å². The van der Waals surface area contributed by atoms with Gasteiger partial charge in [0.25, 0.3) is 0 Å². The average molecular weight is 603 g/mol. The third kappa shape index (κ3) is 9.89. The van der Waals surface area contributed by atoms with Crippen LogP contribution in [0.25, 0.3) is 21.9 Å². The Kier molecular flexibility index (Phi) is 11.7. The van der Waals surface area contributed by atoms with Crippen LogP contribution in [0, 0.1) is 5.92 Å². The van der Waals surface area contributed by atoms with E-state index in [0.717, 1.165) is 46.7 Å². The van der Waals surface area contributed by atoms with Crippen molar-refractivity contribution in [3.05, 3.63) is 84.4 Å². The normalized spacial score (nSPS) is 12.3. The zero-order valence-electron chi connectivity index (χ0n) is 25.4. The topological polar surface area (TPSA) is 95.5 Å². The van der Waals surface area contributed by atoms with Gasteiger partial charge < -0.3 is 9.47 Å². The molecule has 0 aliphatic carbocycles. The standard InChI is InChI=1S/C35H42N2O5S/c1-4-6-7-8-9-10-19-41-33-22-36-34(37-23-33)35(38)42-32-17-15-28(16-18-32)30-14-13-29-20-27(11-12-31(29)21-30)25-43(39,40)24-26(3)5-2/h11-18,20-23,26H,4-10,19,24-25H2,1-3H3. The van der Waals surface area contributed by atoms with Crippen LogP contribution in [0.5, 0.6) is 11.5 Å². The van der Waals surface area contributed by atoms with Crippen LogP contribution in [0.15, 0.2) is 73.1 Å². The Morgan fingerprint density at radius 2 is 1.44 bits per heavy atom. The third-order valence-electron chi connectivity index (χ3n) is 7.50. The van der Waals surface area contributed by atoms with Crippen molar-refractivity contribution in [2.24, 2.45) is 5.92 Å². The highest BCUT2D eigenvalue weighted by Crippen LogP contribution is 2.28. The van der Waals surface area contributed by atoms with Crippen molar-refractivity contribution >= 4 is 26.6 Å². The molecule has 0 aliphatic heterocycles. The molecule has 1 heterocycles. The monoisotopic (exact) mass is 602 g/mol. The van der Waals surface area contributed by atoms with Crippen molar-refractivity contribution < 1.29 is 22.7 Å². The fourth-order valence-corrected chi connectivity index (χ4v) is 6.77. The van der Waals surface area contributed by atoms with E-state index in [9.17, 15) is 13.2 Å². The Morgan fingerprint density at radius 3 is 2.16 bits per heavy atom. The van der Waals surface area contributed by atoms with E-state index in [1.165, 1.54) is 38.1 Å². The number of carbonyl (C=O) groups excluding carboxylic acids is 1. The van der Waals surface area contributed by atoms with E-state index in [-0.39, 0.29) is 23.2 Å². The van der Waals surface area contributed by atoms with Gasteiger partial charge in [0.15, 0.2) is 15.6 Å². The first-order chi connectivity index (χ1) is 20.8. The number of benzene rings is 3. The highest BCUT2D eigenvalue weighted by atomic mass is 32.2. The van der Waals surface area contributed by atoms with Crippen molar-refractivity contribution in [3.63, 3.8) is 0 Å². The number of sulfone groups is 1. The molecule has 0 N–H and O–H groups in total. The predicted octanol–water partition coefficient (Wildman–Crippen LogP) is 8.22. The summed E-state index contributed by atoms with van der Waals surface area (Å²) >= 11 is 0. The second-order valence-corrected chi connectivity index (χ2v) is 13.3. The number of unbranched alkanes of at least 4 members (excludes halogenated alkanes) is 5. The summed E-state index contributed by atoms with van der Waals surface area (Å²) < 4.78 is 36.3. The van der Waals surface area contributed by atoms with E-state index in [2.05, 4.69) is 23.0 Å². The van der Waals surface area contributed by atoms with Crippen molar-refractivity contribution in [2.75, 3.05) is 12.4 Å². The number of aromatic nitrogens is 2. The van der Waals surface area contributed by atoms with Crippen LogP contribution in [0.2, 0.25) is 0 Å². The lowest BCUT2D eigenvalue weighted by Gasteiger charge is -2.11. The molecule has 0 amide bonds. The second kappa shape index (κ2) is 15.6. The number of carbonyl (C=O) groups is 1. The maximum atomic E-state index is 12.6. The molecule has 1 aromatic heterocycles. The molecule has 0 saturated heterocycles. The average Bonchev–Trinajstić information content (AvgIpc) is 3.00. The summed E-state index contributed by atoms with van der Waals surface area (Å²) in [7, 11) is -3.16. The summed E-state index contributed by atoms with van der Waals surface area (Å²) in [6.45, 7) is 6.79. The maximum absolute atomic E-state index is 12.6. The molecule has 1 unspecified atom stereocenters. The van der Waals surface area contributed by atoms with Gasteiger partial charge in [-0.3, -0.25) is 0 Å². The molecule has 8 heteroatoms. The lowest BCUT2D eigenvalue weighted by molar-refractivity contribution is 0.0721. The van der Waals surface area contributed by atoms with E-state index < -0.39 is 15.8 Å². The van der Waals surface area contributed by atoms with Gasteiger partial charge in [-0.2, -0.15) is 0 Å². The van der Waals surface area contributed by atoms with Crippen LogP contribution in [0.3, 0.4) is 0 Å². The van der Waals surface area contributed by atoms with Crippen molar-refractivity contribution in [1.29, 1.82) is 0 Å². The zero-order chi connectivity index (χ0) is 30.7. The van der Waals surface area contributed by atoms with E-state index in [1.54, 1.807) is 12.1 Å². The number of nitrogens with zero attached hydrogens (tertiary/aromatic N) is 2. The summed E-state index contributed by atoms with van der Waals surface area (Å²) in [6.07, 6.45) is 11.0. The molecular weight excluding hydrogens is 560 g/mol. The van der Waals surface area contributed by atoms with Gasteiger partial charge in [0.2, 0.25) is 5.82 Å². The molecule has 3 aromatic carbocycles. The number of fused-ring (bicyclic) bond motifs is 1. The van der Waals surface area contributed by atoms with Crippen LogP contribution in [-0.2, 0) is 15.6 Å². The Hall–Kier alpha value is -3.78. The van der Waals surface area contributed by atoms with E-state index in [0.29, 0.717) is 18.1 Å². The van der Waals surface area contributed by atoms with Gasteiger partial charge in [-0.25, -0.2) is 23.2 Å². The van der Waals surface area contributed by atoms with Gasteiger partial charge in [0.1, 0.15) is 5.75 Å². The molecule has 0 saturated carbocycles. The molecule has 0 fully saturated rings. The first-order valence-electron chi connectivity index (χ1n) is 15.3. The maximum Gasteiger partial charge on any atom is 0.381 e. The Morgan fingerprint density at radius 1 is 0.791 bits per heavy atom. The summed E-state index contributed by atoms with van der Waals surface area (Å²) in [4.78, 5) is 20.8. The third-order valence-corrected chi connectivity index (χ3v) is 9.35. The van der Waals surface area contributed by atoms with E-state index in [1.807, 2.05) is 56.3 Å². The number of rotatable bonds is 16. The molecule has 4 aromatic rings. The molecule has 0 bridgehead atoms. The lowest BCUT2D eigenvalue weighted by Crippen LogP contribution is -2.15. The molecule has 0 aliphatic rings. The minimum Gasteiger partial charge on any atom is -0.490 e. The van der Waals surface area contributed by atoms with Crippen molar-refractivity contribution in [1.82, 2.24) is 9.97 Å². The Bertz CT molecular complexity index is 1590. The summed E-state index contributed by atoms with van der Waals surface area (Å²) in [5, 5.41) is 2.01. The van der Waals surface area contributed by atoms with Crippen molar-refractivity contribution in [3.8, 4) is 22.6 Å². The lowest BCUT2D eigenvalue weighted by atomic mass is 10.0. The SMILES string of the molecule is CCCCCCCCOc1cnc(C(=O)Oc2ccc(-c3ccc4cc(CS(=O)(=O)CC(C)CC)ccc4c3)cc2)nc1. The van der Waals surface area contributed by atoms with Gasteiger partial charge >= 0.3 is 5.97 Å². The summed E-state index contributed by atoms with van der Waals surface area (Å²) in [5.74, 6) is 0.678. The van der Waals surface area contributed by atoms with Crippen LogP contribution >= 0.6 is 0 Å². The van der Waals surface area contributed by atoms with Crippen LogP contribution < -0.4 is 9.47 Å². The molecule has 7 nitrogen and oxygen atoms in total. The van der Waals surface area contributed by atoms with Crippen LogP contribution in [-0.4, -0.2) is 36.7 Å². The van der Waals surface area contributed by atoms with Crippen molar-refractivity contribution in [2.45, 2.75) is 71.5 Å². The minimum absolute atomic E-state index is 0.0300. The summed E-state index contributed by atoms with van der Waals surface area (Å²) in [6, 6.07) is 19.1. The Labute approximate surface area is 255 Å². The first kappa shape index (κ1) is 32.1. The molecule has 0 radical (unpaired) electrons. The smallest absolute Gasteiger partial charge is 0.381 e. The van der Waals surface area contributed by atoms with Gasteiger partial charge in [-0.05, 0) is 58.0 Å². The van der Waals surface area contributed by atoms with E-state index in [4.69, 9.17) is 9.47 Å². The number of esters is 1. The number of hydrogen-bond donors (Lipinski definition) is 0. The minimum atomic E-state index is -3.16. The molecule has 0 spiro atoms. The predicted molar refractivity (Wildman–Crippen MR) is 172 cm³/mol. The molecule has 228 valence electrons. The van der Waals surface area contributed by atoms with Gasteiger partial charge in [-0.1, -0.05) is 102 Å². The second-order valence-electron chi connectivity index (χ2n) is 11.2. The first-order valence-corrected chi connectivity index (χ1v) is 17.1. The largest absolute Gasteiger partial charge is 0.490 e. The zero-order valence-corrected chi connectivity index (χ0v) is 26.2. The van der Waals surface area contributed by atoms with Gasteiger partial charge in [0, 0.05) is 0 Å². The fourth-order valence-electron chi connectivity index (χ4n) is 4.87. The summed E-state index contributed by atoms with van der Waals surface area (Å²) in [5.41, 5.74) is 2.77. The molecule has 4 rings (SSSR count). The number of ether oxygens (including phenoxy) is 2. The highest BCUT2D eigenvalue weighted by molar-refractivity contribution is 7.90. The quantitative estimate of drug-likeness (QED) is 0.0724. The number of hydrogen-bond acceptors (Lipinski definition) is 7. The van der Waals surface area contributed by atoms with Gasteiger partial charge in [0.05, 0.1) is 30.5 Å². The molecular formula is C35H42N2O5S. The highest BCUT2D eigenvalue weighted by Gasteiger charge is 2.16. The Balaban J connectivity index is 1.31. The van der Waals surface area contributed by atoms with Gasteiger partial charge in [-0.15, -0.1) is 0 Å². The molecule has 43 heavy (non-hydrogen) atoms.